The molecule has 20 heavy (non-hydrogen) atoms. The van der Waals surface area contributed by atoms with Crippen LogP contribution in [0.4, 0.5) is 11.4 Å². The van der Waals surface area contributed by atoms with E-state index in [0.717, 1.165) is 11.3 Å². The number of hydrogen-bond acceptors (Lipinski definition) is 3. The maximum atomic E-state index is 12.8. The summed E-state index contributed by atoms with van der Waals surface area (Å²) in [5.74, 6) is 0.0630. The van der Waals surface area contributed by atoms with Crippen molar-refractivity contribution in [1.82, 2.24) is 0 Å². The van der Waals surface area contributed by atoms with Gasteiger partial charge in [0.05, 0.1) is 10.3 Å². The fraction of sp³-hybridized carbons (Fsp3) is 0.533. The Balaban J connectivity index is 2.70. The van der Waals surface area contributed by atoms with Crippen molar-refractivity contribution >= 4 is 17.3 Å². The van der Waals surface area contributed by atoms with Crippen molar-refractivity contribution in [3.05, 3.63) is 33.9 Å². The van der Waals surface area contributed by atoms with Gasteiger partial charge >= 0.3 is 0 Å². The summed E-state index contributed by atoms with van der Waals surface area (Å²) in [5, 5.41) is 11.0. The molecule has 0 unspecified atom stereocenters. The molecule has 0 saturated heterocycles. The highest BCUT2D eigenvalue weighted by Crippen LogP contribution is 2.48. The third-order valence-corrected chi connectivity index (χ3v) is 4.32. The number of fused-ring (bicyclic) bond motifs is 1. The van der Waals surface area contributed by atoms with Gasteiger partial charge in [0.25, 0.3) is 5.69 Å². The highest BCUT2D eigenvalue weighted by atomic mass is 16.6. The maximum absolute atomic E-state index is 12.8. The summed E-state index contributed by atoms with van der Waals surface area (Å²) < 4.78 is 0. The number of hydrogen-bond donors (Lipinski definition) is 0. The van der Waals surface area contributed by atoms with Crippen LogP contribution in [-0.2, 0) is 10.2 Å². The van der Waals surface area contributed by atoms with Crippen molar-refractivity contribution in [3.63, 3.8) is 0 Å². The number of non-ortho nitro benzene ring substituents is 1. The lowest BCUT2D eigenvalue weighted by Gasteiger charge is -2.27. The first kappa shape index (κ1) is 14.5. The molecule has 0 atom stereocenters. The Morgan fingerprint density at radius 2 is 1.90 bits per heavy atom. The second kappa shape index (κ2) is 4.89. The summed E-state index contributed by atoms with van der Waals surface area (Å²) in [6, 6.07) is 4.80. The van der Waals surface area contributed by atoms with E-state index in [4.69, 9.17) is 0 Å². The Bertz CT molecular complexity index is 562. The lowest BCUT2D eigenvalue weighted by Crippen LogP contribution is -2.42. The minimum absolute atomic E-state index is 0.0441. The van der Waals surface area contributed by atoms with Gasteiger partial charge in [-0.05, 0) is 38.3 Å². The summed E-state index contributed by atoms with van der Waals surface area (Å²) in [6.07, 6.45) is 1.31. The number of benzene rings is 1. The molecule has 0 bridgehead atoms. The van der Waals surface area contributed by atoms with Crippen LogP contribution in [-0.4, -0.2) is 16.9 Å². The standard InChI is InChI=1S/C15H20N2O3/c1-5-15(6-2)12-9-11(17(19)20)7-8-13(12)16(10(3)4)14(15)18/h7-10H,5-6H2,1-4H3. The fourth-order valence-corrected chi connectivity index (χ4v) is 3.13. The molecule has 1 heterocycles. The summed E-state index contributed by atoms with van der Waals surface area (Å²) in [6.45, 7) is 7.86. The smallest absolute Gasteiger partial charge is 0.269 e. The van der Waals surface area contributed by atoms with Crippen LogP contribution in [0, 0.1) is 10.1 Å². The van der Waals surface area contributed by atoms with Crippen LogP contribution < -0.4 is 4.90 Å². The molecule has 0 fully saturated rings. The van der Waals surface area contributed by atoms with Gasteiger partial charge in [-0.1, -0.05) is 13.8 Å². The number of carbonyl (C=O) groups excluding carboxylic acids is 1. The minimum atomic E-state index is -0.619. The first-order chi connectivity index (χ1) is 9.39. The highest BCUT2D eigenvalue weighted by Gasteiger charge is 2.49. The Morgan fingerprint density at radius 3 is 2.35 bits per heavy atom. The number of rotatable bonds is 4. The molecule has 0 aromatic heterocycles. The average Bonchev–Trinajstić information content (AvgIpc) is 2.66. The zero-order valence-electron chi connectivity index (χ0n) is 12.3. The van der Waals surface area contributed by atoms with Crippen LogP contribution in [0.5, 0.6) is 0 Å². The van der Waals surface area contributed by atoms with Crippen molar-refractivity contribution in [3.8, 4) is 0 Å². The summed E-state index contributed by atoms with van der Waals surface area (Å²) >= 11 is 0. The topological polar surface area (TPSA) is 63.5 Å². The van der Waals surface area contributed by atoms with Crippen LogP contribution in [0.3, 0.4) is 0 Å². The van der Waals surface area contributed by atoms with Crippen LogP contribution in [0.25, 0.3) is 0 Å². The summed E-state index contributed by atoms with van der Waals surface area (Å²) in [5.41, 5.74) is 1.05. The quantitative estimate of drug-likeness (QED) is 0.625. The predicted octanol–water partition coefficient (Wildman–Crippen LogP) is 3.41. The number of nitrogens with zero attached hydrogens (tertiary/aromatic N) is 2. The number of anilines is 1. The molecule has 0 radical (unpaired) electrons. The first-order valence-electron chi connectivity index (χ1n) is 7.01. The van der Waals surface area contributed by atoms with Crippen LogP contribution in [0.1, 0.15) is 46.1 Å². The van der Waals surface area contributed by atoms with Gasteiger partial charge in [0, 0.05) is 23.9 Å². The largest absolute Gasteiger partial charge is 0.309 e. The molecule has 0 saturated carbocycles. The molecule has 108 valence electrons. The number of nitro benzene ring substituents is 1. The zero-order valence-corrected chi connectivity index (χ0v) is 12.3. The van der Waals surface area contributed by atoms with E-state index in [2.05, 4.69) is 0 Å². The SMILES string of the molecule is CCC1(CC)C(=O)N(C(C)C)c2ccc([N+](=O)[O-])cc21. The molecule has 0 spiro atoms. The highest BCUT2D eigenvalue weighted by molar-refractivity contribution is 6.08. The van der Waals surface area contributed by atoms with Crippen molar-refractivity contribution in [2.75, 3.05) is 4.90 Å². The molecule has 5 nitrogen and oxygen atoms in total. The molecular weight excluding hydrogens is 256 g/mol. The molecule has 1 amide bonds. The van der Waals surface area contributed by atoms with E-state index in [0.29, 0.717) is 12.8 Å². The van der Waals surface area contributed by atoms with E-state index in [1.165, 1.54) is 6.07 Å². The molecule has 1 aromatic carbocycles. The third-order valence-electron chi connectivity index (χ3n) is 4.32. The van der Waals surface area contributed by atoms with Crippen molar-refractivity contribution in [1.29, 1.82) is 0 Å². The lowest BCUT2D eigenvalue weighted by atomic mass is 9.77. The van der Waals surface area contributed by atoms with Gasteiger partial charge < -0.3 is 4.90 Å². The van der Waals surface area contributed by atoms with E-state index in [1.807, 2.05) is 27.7 Å². The molecule has 1 aliphatic rings. The van der Waals surface area contributed by atoms with Gasteiger partial charge in [-0.3, -0.25) is 14.9 Å². The maximum Gasteiger partial charge on any atom is 0.269 e. The normalized spacial score (nSPS) is 16.6. The molecular formula is C15H20N2O3. The van der Waals surface area contributed by atoms with E-state index in [-0.39, 0.29) is 17.6 Å². The number of carbonyl (C=O) groups is 1. The van der Waals surface area contributed by atoms with Gasteiger partial charge in [-0.15, -0.1) is 0 Å². The van der Waals surface area contributed by atoms with Gasteiger partial charge in [-0.25, -0.2) is 0 Å². The van der Waals surface area contributed by atoms with E-state index >= 15 is 0 Å². The lowest BCUT2D eigenvalue weighted by molar-refractivity contribution is -0.384. The summed E-state index contributed by atoms with van der Waals surface area (Å²) in [4.78, 5) is 25.2. The van der Waals surface area contributed by atoms with Gasteiger partial charge in [0.1, 0.15) is 0 Å². The molecule has 1 aromatic rings. The first-order valence-corrected chi connectivity index (χ1v) is 7.01. The van der Waals surface area contributed by atoms with Crippen LogP contribution in [0.2, 0.25) is 0 Å². The Labute approximate surface area is 118 Å². The average molecular weight is 276 g/mol. The number of nitro groups is 1. The van der Waals surface area contributed by atoms with Gasteiger partial charge in [-0.2, -0.15) is 0 Å². The second-order valence-corrected chi connectivity index (χ2v) is 5.52. The monoisotopic (exact) mass is 276 g/mol. The molecule has 1 aliphatic heterocycles. The van der Waals surface area contributed by atoms with Crippen molar-refractivity contribution < 1.29 is 9.72 Å². The van der Waals surface area contributed by atoms with Crippen LogP contribution in [0.15, 0.2) is 18.2 Å². The second-order valence-electron chi connectivity index (χ2n) is 5.52. The van der Waals surface area contributed by atoms with Crippen molar-refractivity contribution in [2.45, 2.75) is 52.0 Å². The Kier molecular flexibility index (Phi) is 3.54. The minimum Gasteiger partial charge on any atom is -0.309 e. The third kappa shape index (κ3) is 1.80. The Hall–Kier alpha value is -1.91. The van der Waals surface area contributed by atoms with Gasteiger partial charge in [0.15, 0.2) is 0 Å². The van der Waals surface area contributed by atoms with E-state index in [1.54, 1.807) is 17.0 Å². The van der Waals surface area contributed by atoms with Gasteiger partial charge in [0.2, 0.25) is 5.91 Å². The fourth-order valence-electron chi connectivity index (χ4n) is 3.13. The molecule has 5 heteroatoms. The molecule has 0 N–H and O–H groups in total. The summed E-state index contributed by atoms with van der Waals surface area (Å²) in [7, 11) is 0. The number of amides is 1. The van der Waals surface area contributed by atoms with E-state index in [9.17, 15) is 14.9 Å². The molecule has 2 rings (SSSR count). The van der Waals surface area contributed by atoms with E-state index < -0.39 is 10.3 Å². The Morgan fingerprint density at radius 1 is 1.30 bits per heavy atom. The van der Waals surface area contributed by atoms with Crippen LogP contribution >= 0.6 is 0 Å². The zero-order chi connectivity index (χ0) is 15.1. The van der Waals surface area contributed by atoms with Crippen molar-refractivity contribution in [2.24, 2.45) is 0 Å². The molecule has 0 aliphatic carbocycles. The predicted molar refractivity (Wildman–Crippen MR) is 78.0 cm³/mol.